The van der Waals surface area contributed by atoms with Gasteiger partial charge in [-0.2, -0.15) is 0 Å². The Bertz CT molecular complexity index is 512. The molecule has 0 radical (unpaired) electrons. The molecule has 1 atom stereocenters. The summed E-state index contributed by atoms with van der Waals surface area (Å²) in [5.41, 5.74) is 6.10. The van der Waals surface area contributed by atoms with E-state index in [-0.39, 0.29) is 24.6 Å². The third kappa shape index (κ3) is 2.17. The van der Waals surface area contributed by atoms with Crippen molar-refractivity contribution in [2.75, 3.05) is 17.2 Å². The van der Waals surface area contributed by atoms with E-state index in [1.807, 2.05) is 0 Å². The van der Waals surface area contributed by atoms with Crippen LogP contribution in [0.2, 0.25) is 0 Å². The molecule has 0 bridgehead atoms. The Labute approximate surface area is 111 Å². The molecular formula is C11H10BrFN2O3. The smallest absolute Gasteiger partial charge is 0.308 e. The van der Waals surface area contributed by atoms with Gasteiger partial charge in [-0.15, -0.1) is 0 Å². The van der Waals surface area contributed by atoms with Gasteiger partial charge in [0.25, 0.3) is 0 Å². The minimum atomic E-state index is -1.03. The Morgan fingerprint density at radius 2 is 2.22 bits per heavy atom. The summed E-state index contributed by atoms with van der Waals surface area (Å²) in [6.07, 6.45) is -0.0708. The van der Waals surface area contributed by atoms with Gasteiger partial charge in [0.2, 0.25) is 5.91 Å². The number of hydrogen-bond acceptors (Lipinski definition) is 3. The maximum atomic E-state index is 13.1. The highest BCUT2D eigenvalue weighted by Crippen LogP contribution is 2.37. The van der Waals surface area contributed by atoms with E-state index in [0.717, 1.165) is 6.07 Å². The summed E-state index contributed by atoms with van der Waals surface area (Å²) >= 11 is 3.13. The van der Waals surface area contributed by atoms with E-state index in [1.165, 1.54) is 11.0 Å². The van der Waals surface area contributed by atoms with E-state index >= 15 is 0 Å². The number of rotatable bonds is 2. The molecule has 1 fully saturated rings. The Kier molecular flexibility index (Phi) is 3.25. The molecule has 1 amide bonds. The molecule has 7 heteroatoms. The van der Waals surface area contributed by atoms with Crippen LogP contribution in [0.5, 0.6) is 0 Å². The number of carbonyl (C=O) groups is 2. The highest BCUT2D eigenvalue weighted by molar-refractivity contribution is 9.10. The molecule has 3 N–H and O–H groups in total. The van der Waals surface area contributed by atoms with Crippen LogP contribution in [-0.4, -0.2) is 23.5 Å². The lowest BCUT2D eigenvalue weighted by molar-refractivity contribution is -0.141. The SMILES string of the molecule is Nc1cc(F)cc(Br)c1N1CC(C(=O)O)CC1=O. The van der Waals surface area contributed by atoms with Crippen molar-refractivity contribution in [2.45, 2.75) is 6.42 Å². The maximum absolute atomic E-state index is 13.1. The maximum Gasteiger partial charge on any atom is 0.308 e. The molecule has 0 saturated carbocycles. The fraction of sp³-hybridized carbons (Fsp3) is 0.273. The van der Waals surface area contributed by atoms with Crippen molar-refractivity contribution in [1.82, 2.24) is 0 Å². The zero-order valence-electron chi connectivity index (χ0n) is 9.19. The van der Waals surface area contributed by atoms with Crippen molar-refractivity contribution in [1.29, 1.82) is 0 Å². The van der Waals surface area contributed by atoms with Crippen molar-refractivity contribution in [3.63, 3.8) is 0 Å². The van der Waals surface area contributed by atoms with Crippen LogP contribution < -0.4 is 10.6 Å². The monoisotopic (exact) mass is 316 g/mol. The van der Waals surface area contributed by atoms with E-state index < -0.39 is 17.7 Å². The van der Waals surface area contributed by atoms with Gasteiger partial charge in [-0.25, -0.2) is 4.39 Å². The second-order valence-electron chi connectivity index (χ2n) is 4.07. The topological polar surface area (TPSA) is 83.6 Å². The first-order valence-corrected chi connectivity index (χ1v) is 5.97. The molecule has 0 aromatic heterocycles. The summed E-state index contributed by atoms with van der Waals surface area (Å²) < 4.78 is 13.4. The Balaban J connectivity index is 2.39. The highest BCUT2D eigenvalue weighted by atomic mass is 79.9. The first-order chi connectivity index (χ1) is 8.40. The zero-order valence-corrected chi connectivity index (χ0v) is 10.8. The molecule has 5 nitrogen and oxygen atoms in total. The standard InChI is InChI=1S/C11H10BrFN2O3/c12-7-2-6(13)3-8(14)10(7)15-4-5(11(17)18)1-9(15)16/h2-3,5H,1,4,14H2,(H,17,18). The number of nitrogen functional groups attached to an aromatic ring is 1. The van der Waals surface area contributed by atoms with Gasteiger partial charge < -0.3 is 15.7 Å². The number of aliphatic carboxylic acids is 1. The number of benzene rings is 1. The second kappa shape index (κ2) is 4.56. The molecule has 2 rings (SSSR count). The van der Waals surface area contributed by atoms with Gasteiger partial charge in [0.15, 0.2) is 0 Å². The van der Waals surface area contributed by atoms with Gasteiger partial charge in [-0.05, 0) is 28.1 Å². The predicted octanol–water partition coefficient (Wildman–Crippen LogP) is 1.61. The number of carbonyl (C=O) groups excluding carboxylic acids is 1. The molecule has 18 heavy (non-hydrogen) atoms. The van der Waals surface area contributed by atoms with Crippen molar-refractivity contribution in [2.24, 2.45) is 5.92 Å². The molecule has 1 aliphatic rings. The van der Waals surface area contributed by atoms with Crippen LogP contribution in [0.1, 0.15) is 6.42 Å². The average Bonchev–Trinajstić information content (AvgIpc) is 2.59. The third-order valence-electron chi connectivity index (χ3n) is 2.80. The van der Waals surface area contributed by atoms with E-state index in [0.29, 0.717) is 10.2 Å². The van der Waals surface area contributed by atoms with Gasteiger partial charge in [0.05, 0.1) is 17.3 Å². The van der Waals surface area contributed by atoms with Gasteiger partial charge in [-0.3, -0.25) is 9.59 Å². The second-order valence-corrected chi connectivity index (χ2v) is 4.92. The van der Waals surface area contributed by atoms with Crippen LogP contribution in [-0.2, 0) is 9.59 Å². The molecule has 0 aliphatic carbocycles. The summed E-state index contributed by atoms with van der Waals surface area (Å²) in [6, 6.07) is 2.29. The first-order valence-electron chi connectivity index (χ1n) is 5.18. The van der Waals surface area contributed by atoms with E-state index in [1.54, 1.807) is 0 Å². The fourth-order valence-corrected chi connectivity index (χ4v) is 2.62. The lowest BCUT2D eigenvalue weighted by atomic mass is 10.1. The van der Waals surface area contributed by atoms with Crippen LogP contribution in [0.15, 0.2) is 16.6 Å². The number of nitrogens with two attached hydrogens (primary N) is 1. The number of amides is 1. The molecule has 1 aliphatic heterocycles. The van der Waals surface area contributed by atoms with Gasteiger partial charge in [0, 0.05) is 17.4 Å². The molecule has 1 aromatic carbocycles. The lowest BCUT2D eigenvalue weighted by Gasteiger charge is -2.20. The summed E-state index contributed by atoms with van der Waals surface area (Å²) in [6.45, 7) is 0.0442. The summed E-state index contributed by atoms with van der Waals surface area (Å²) in [5, 5.41) is 8.90. The summed E-state index contributed by atoms with van der Waals surface area (Å²) in [7, 11) is 0. The van der Waals surface area contributed by atoms with E-state index in [2.05, 4.69) is 15.9 Å². The Morgan fingerprint density at radius 3 is 2.72 bits per heavy atom. The van der Waals surface area contributed by atoms with Gasteiger partial charge in [-0.1, -0.05) is 0 Å². The van der Waals surface area contributed by atoms with Crippen molar-refractivity contribution in [3.8, 4) is 0 Å². The average molecular weight is 317 g/mol. The zero-order chi connectivity index (χ0) is 13.4. The van der Waals surface area contributed by atoms with E-state index in [9.17, 15) is 14.0 Å². The molecular weight excluding hydrogens is 307 g/mol. The number of carboxylic acids is 1. The van der Waals surface area contributed by atoms with Crippen LogP contribution in [0.25, 0.3) is 0 Å². The minimum absolute atomic E-state index is 0.0442. The molecule has 0 spiro atoms. The van der Waals surface area contributed by atoms with Crippen molar-refractivity contribution < 1.29 is 19.1 Å². The first kappa shape index (κ1) is 12.8. The van der Waals surface area contributed by atoms with Gasteiger partial charge >= 0.3 is 5.97 Å². The third-order valence-corrected chi connectivity index (χ3v) is 3.41. The molecule has 1 heterocycles. The predicted molar refractivity (Wildman–Crippen MR) is 66.6 cm³/mol. The van der Waals surface area contributed by atoms with Crippen molar-refractivity contribution >= 4 is 39.2 Å². The van der Waals surface area contributed by atoms with Crippen LogP contribution in [0.4, 0.5) is 15.8 Å². The molecule has 1 unspecified atom stereocenters. The van der Waals surface area contributed by atoms with Crippen molar-refractivity contribution in [3.05, 3.63) is 22.4 Å². The number of hydrogen-bond donors (Lipinski definition) is 2. The van der Waals surface area contributed by atoms with E-state index in [4.69, 9.17) is 10.8 Å². The lowest BCUT2D eigenvalue weighted by Crippen LogP contribution is -2.27. The molecule has 1 aromatic rings. The number of halogens is 2. The minimum Gasteiger partial charge on any atom is -0.481 e. The largest absolute Gasteiger partial charge is 0.481 e. The highest BCUT2D eigenvalue weighted by Gasteiger charge is 2.36. The van der Waals surface area contributed by atoms with Crippen LogP contribution >= 0.6 is 15.9 Å². The summed E-state index contributed by atoms with van der Waals surface area (Å²) in [5.74, 6) is -2.64. The quantitative estimate of drug-likeness (QED) is 0.812. The Morgan fingerprint density at radius 1 is 1.56 bits per heavy atom. The van der Waals surface area contributed by atoms with Gasteiger partial charge in [0.1, 0.15) is 5.82 Å². The number of anilines is 2. The van der Waals surface area contributed by atoms with Crippen LogP contribution in [0, 0.1) is 11.7 Å². The molecule has 96 valence electrons. The Hall–Kier alpha value is -1.63. The normalized spacial score (nSPS) is 19.3. The number of carboxylic acid groups (broad SMARTS) is 1. The summed E-state index contributed by atoms with van der Waals surface area (Å²) in [4.78, 5) is 23.9. The molecule has 1 saturated heterocycles. The number of nitrogens with zero attached hydrogens (tertiary/aromatic N) is 1. The van der Waals surface area contributed by atoms with Crippen LogP contribution in [0.3, 0.4) is 0 Å². The fourth-order valence-electron chi connectivity index (χ4n) is 1.96.